The third-order valence-corrected chi connectivity index (χ3v) is 4.36. The molecule has 1 heterocycles. The number of nitrogens with zero attached hydrogens (tertiary/aromatic N) is 1. The molecule has 1 aromatic heterocycles. The molecule has 0 aliphatic rings. The Morgan fingerprint density at radius 2 is 1.62 bits per heavy atom. The van der Waals surface area contributed by atoms with Crippen molar-refractivity contribution < 1.29 is 23.9 Å². The molecule has 1 amide bonds. The lowest BCUT2D eigenvalue weighted by molar-refractivity contribution is 0.0599. The van der Waals surface area contributed by atoms with Gasteiger partial charge in [0, 0.05) is 5.69 Å². The predicted octanol–water partition coefficient (Wildman–Crippen LogP) is 3.12. The largest absolute Gasteiger partial charge is 0.465 e. The van der Waals surface area contributed by atoms with Crippen molar-refractivity contribution in [2.75, 3.05) is 19.5 Å². The summed E-state index contributed by atoms with van der Waals surface area (Å²) in [5.74, 6) is -1.64. The number of amides is 1. The van der Waals surface area contributed by atoms with Gasteiger partial charge < -0.3 is 14.8 Å². The number of hydrogen-bond acceptors (Lipinski definition) is 6. The van der Waals surface area contributed by atoms with E-state index in [9.17, 15) is 14.4 Å². The van der Waals surface area contributed by atoms with Crippen molar-refractivity contribution in [3.8, 4) is 0 Å². The maximum Gasteiger partial charge on any atom is 0.337 e. The van der Waals surface area contributed by atoms with Gasteiger partial charge in [-0.2, -0.15) is 5.10 Å². The fraction of sp³-hybridized carbons (Fsp3) is 0.294. The Labute approximate surface area is 158 Å². The fourth-order valence-corrected chi connectivity index (χ4v) is 3.05. The fourth-order valence-electron chi connectivity index (χ4n) is 2.24. The molecule has 0 spiro atoms. The van der Waals surface area contributed by atoms with E-state index in [2.05, 4.69) is 40.9 Å². The van der Waals surface area contributed by atoms with Crippen LogP contribution in [0.15, 0.2) is 22.7 Å². The van der Waals surface area contributed by atoms with E-state index in [0.29, 0.717) is 4.47 Å². The van der Waals surface area contributed by atoms with Crippen LogP contribution in [0.5, 0.6) is 0 Å². The van der Waals surface area contributed by atoms with E-state index in [4.69, 9.17) is 0 Å². The van der Waals surface area contributed by atoms with E-state index in [1.165, 1.54) is 32.4 Å². The van der Waals surface area contributed by atoms with Crippen LogP contribution in [0.2, 0.25) is 0 Å². The maximum atomic E-state index is 12.5. The third-order valence-electron chi connectivity index (χ3n) is 3.56. The van der Waals surface area contributed by atoms with Crippen LogP contribution in [-0.4, -0.2) is 42.3 Å². The number of benzene rings is 1. The quantitative estimate of drug-likeness (QED) is 0.714. The standard InChI is InChI=1S/C17H18BrN3O5/c1-8(2)13-12(18)14(21-20-13)15(22)19-11-6-9(16(23)25-3)5-10(7-11)17(24)26-4/h5-8H,1-4H3,(H,19,22)(H,20,21). The third kappa shape index (κ3) is 4.10. The van der Waals surface area contributed by atoms with Crippen LogP contribution in [0.25, 0.3) is 0 Å². The zero-order valence-corrected chi connectivity index (χ0v) is 16.3. The second-order valence-electron chi connectivity index (χ2n) is 5.69. The number of carbonyl (C=O) groups excluding carboxylic acids is 3. The summed E-state index contributed by atoms with van der Waals surface area (Å²) in [6, 6.07) is 4.13. The van der Waals surface area contributed by atoms with Gasteiger partial charge >= 0.3 is 11.9 Å². The Hall–Kier alpha value is -2.68. The Balaban J connectivity index is 2.37. The normalized spacial score (nSPS) is 10.5. The summed E-state index contributed by atoms with van der Waals surface area (Å²) in [7, 11) is 2.44. The second kappa shape index (κ2) is 8.13. The van der Waals surface area contributed by atoms with Crippen LogP contribution < -0.4 is 5.32 Å². The molecule has 2 N–H and O–H groups in total. The maximum absolute atomic E-state index is 12.5. The molecule has 0 saturated heterocycles. The minimum absolute atomic E-state index is 0.106. The number of anilines is 1. The number of carbonyl (C=O) groups is 3. The summed E-state index contributed by atoms with van der Waals surface area (Å²) in [5, 5.41) is 9.45. The van der Waals surface area contributed by atoms with Crippen LogP contribution in [0.3, 0.4) is 0 Å². The number of halogens is 1. The van der Waals surface area contributed by atoms with Gasteiger partial charge in [-0.15, -0.1) is 0 Å². The highest BCUT2D eigenvalue weighted by Crippen LogP contribution is 2.26. The van der Waals surface area contributed by atoms with Gasteiger partial charge in [0.2, 0.25) is 0 Å². The lowest BCUT2D eigenvalue weighted by Gasteiger charge is -2.09. The molecule has 8 nitrogen and oxygen atoms in total. The van der Waals surface area contributed by atoms with Gasteiger partial charge in [0.05, 0.1) is 35.5 Å². The van der Waals surface area contributed by atoms with Crippen LogP contribution in [0, 0.1) is 0 Å². The second-order valence-corrected chi connectivity index (χ2v) is 6.48. The number of aromatic amines is 1. The topological polar surface area (TPSA) is 110 Å². The summed E-state index contributed by atoms with van der Waals surface area (Å²) >= 11 is 3.36. The van der Waals surface area contributed by atoms with E-state index >= 15 is 0 Å². The molecule has 26 heavy (non-hydrogen) atoms. The Bertz CT molecular complexity index is 826. The highest BCUT2D eigenvalue weighted by Gasteiger charge is 2.21. The number of hydrogen-bond donors (Lipinski definition) is 2. The molecule has 0 saturated carbocycles. The molecule has 138 valence electrons. The average molecular weight is 424 g/mol. The minimum Gasteiger partial charge on any atom is -0.465 e. The van der Waals surface area contributed by atoms with E-state index in [0.717, 1.165) is 5.69 Å². The van der Waals surface area contributed by atoms with Gasteiger partial charge in [-0.3, -0.25) is 9.89 Å². The van der Waals surface area contributed by atoms with Crippen molar-refractivity contribution in [2.45, 2.75) is 19.8 Å². The van der Waals surface area contributed by atoms with Crippen molar-refractivity contribution in [1.29, 1.82) is 0 Å². The lowest BCUT2D eigenvalue weighted by atomic mass is 10.1. The van der Waals surface area contributed by atoms with Crippen LogP contribution in [0.4, 0.5) is 5.69 Å². The highest BCUT2D eigenvalue weighted by atomic mass is 79.9. The molecule has 0 unspecified atom stereocenters. The molecule has 0 aliphatic carbocycles. The summed E-state index contributed by atoms with van der Waals surface area (Å²) in [5.41, 5.74) is 1.40. The van der Waals surface area contributed by atoms with Crippen LogP contribution in [-0.2, 0) is 9.47 Å². The summed E-state index contributed by atoms with van der Waals surface area (Å²) < 4.78 is 9.90. The Morgan fingerprint density at radius 3 is 2.04 bits per heavy atom. The van der Waals surface area contributed by atoms with Gasteiger partial charge in [0.15, 0.2) is 5.69 Å². The zero-order chi connectivity index (χ0) is 19.4. The van der Waals surface area contributed by atoms with Gasteiger partial charge in [-0.25, -0.2) is 9.59 Å². The number of aromatic nitrogens is 2. The first-order valence-electron chi connectivity index (χ1n) is 7.65. The van der Waals surface area contributed by atoms with Gasteiger partial charge in [0.25, 0.3) is 5.91 Å². The number of H-pyrrole nitrogens is 1. The van der Waals surface area contributed by atoms with Crippen molar-refractivity contribution in [2.24, 2.45) is 0 Å². The molecular weight excluding hydrogens is 406 g/mol. The smallest absolute Gasteiger partial charge is 0.337 e. The van der Waals surface area contributed by atoms with Crippen molar-refractivity contribution in [3.63, 3.8) is 0 Å². The van der Waals surface area contributed by atoms with Crippen molar-refractivity contribution in [1.82, 2.24) is 10.2 Å². The zero-order valence-electron chi connectivity index (χ0n) is 14.7. The summed E-state index contributed by atoms with van der Waals surface area (Å²) in [4.78, 5) is 36.1. The first kappa shape index (κ1) is 19.6. The molecule has 0 radical (unpaired) electrons. The number of rotatable bonds is 5. The van der Waals surface area contributed by atoms with Crippen LogP contribution in [0.1, 0.15) is 56.7 Å². The van der Waals surface area contributed by atoms with Gasteiger partial charge in [-0.05, 0) is 40.0 Å². The first-order valence-corrected chi connectivity index (χ1v) is 8.44. The van der Waals surface area contributed by atoms with Crippen LogP contribution >= 0.6 is 15.9 Å². The minimum atomic E-state index is -0.644. The number of nitrogens with one attached hydrogen (secondary N) is 2. The SMILES string of the molecule is COC(=O)c1cc(NC(=O)c2n[nH]c(C(C)C)c2Br)cc(C(=O)OC)c1. The molecule has 2 aromatic rings. The van der Waals surface area contributed by atoms with E-state index in [1.54, 1.807) is 0 Å². The monoisotopic (exact) mass is 423 g/mol. The molecule has 0 bridgehead atoms. The molecular formula is C17H18BrN3O5. The lowest BCUT2D eigenvalue weighted by Crippen LogP contribution is -2.15. The Kier molecular flexibility index (Phi) is 6.14. The summed E-state index contributed by atoms with van der Waals surface area (Å²) in [6.07, 6.45) is 0. The Morgan fingerprint density at radius 1 is 1.08 bits per heavy atom. The van der Waals surface area contributed by atoms with Crippen molar-refractivity contribution >= 4 is 39.5 Å². The molecule has 2 rings (SSSR count). The van der Waals surface area contributed by atoms with Gasteiger partial charge in [0.1, 0.15) is 0 Å². The number of ether oxygens (including phenoxy) is 2. The molecule has 0 aliphatic heterocycles. The average Bonchev–Trinajstić information content (AvgIpc) is 3.01. The number of methoxy groups -OCH3 is 2. The molecule has 0 atom stereocenters. The first-order chi connectivity index (χ1) is 12.3. The molecule has 1 aromatic carbocycles. The highest BCUT2D eigenvalue weighted by molar-refractivity contribution is 9.10. The van der Waals surface area contributed by atoms with Gasteiger partial charge in [-0.1, -0.05) is 13.8 Å². The van der Waals surface area contributed by atoms with E-state index < -0.39 is 17.8 Å². The predicted molar refractivity (Wildman–Crippen MR) is 97.5 cm³/mol. The van der Waals surface area contributed by atoms with E-state index in [1.807, 2.05) is 13.8 Å². The molecule has 9 heteroatoms. The number of esters is 2. The van der Waals surface area contributed by atoms with Crippen molar-refractivity contribution in [3.05, 3.63) is 45.2 Å². The summed E-state index contributed by atoms with van der Waals surface area (Å²) in [6.45, 7) is 3.92. The van der Waals surface area contributed by atoms with E-state index in [-0.39, 0.29) is 28.4 Å². The molecule has 0 fully saturated rings.